The molecule has 3 heterocycles. The first kappa shape index (κ1) is 41.8. The number of fused-ring (bicyclic) bond motifs is 2. The molecule has 0 radical (unpaired) electrons. The number of aromatic nitrogens is 1. The lowest BCUT2D eigenvalue weighted by molar-refractivity contribution is -0.143. The molecule has 1 aromatic heterocycles. The van der Waals surface area contributed by atoms with E-state index in [9.17, 15) is 14.7 Å². The molecule has 4 atom stereocenters. The Hall–Kier alpha value is -5.87. The molecule has 4 unspecified atom stereocenters. The second kappa shape index (κ2) is 18.8. The number of ether oxygens (including phenoxy) is 3. The molecular formula is C50H47Cl2N3O6. The van der Waals surface area contributed by atoms with Crippen molar-refractivity contribution in [3.05, 3.63) is 177 Å². The van der Waals surface area contributed by atoms with Gasteiger partial charge in [-0.25, -0.2) is 4.79 Å². The average Bonchev–Trinajstić information content (AvgIpc) is 3.29. The SMILES string of the molecule is CCc1cc(-c2ccc(CC(NC(=O)C3Cc4cc5c(cc4CN3C(CC)c3ccccc3)OC(c3ccc(OCc4ccc(Cl)c(Cl)c4)cc3)CO5)C(=O)O)cc2)ccn1. The van der Waals surface area contributed by atoms with Gasteiger partial charge in [0.25, 0.3) is 0 Å². The molecule has 2 aliphatic rings. The highest BCUT2D eigenvalue weighted by molar-refractivity contribution is 6.42. The molecule has 1 amide bonds. The molecule has 61 heavy (non-hydrogen) atoms. The van der Waals surface area contributed by atoms with Gasteiger partial charge in [0.05, 0.1) is 16.1 Å². The summed E-state index contributed by atoms with van der Waals surface area (Å²) in [5.74, 6) is 0.546. The highest BCUT2D eigenvalue weighted by Crippen LogP contribution is 2.43. The van der Waals surface area contributed by atoms with Crippen molar-refractivity contribution in [2.45, 2.75) is 76.9 Å². The minimum Gasteiger partial charge on any atom is -0.489 e. The van der Waals surface area contributed by atoms with Crippen LogP contribution in [0.2, 0.25) is 10.0 Å². The normalized spacial score (nSPS) is 16.9. The van der Waals surface area contributed by atoms with Crippen LogP contribution in [0.25, 0.3) is 11.1 Å². The van der Waals surface area contributed by atoms with Crippen LogP contribution in [0.3, 0.4) is 0 Å². The first-order valence-electron chi connectivity index (χ1n) is 20.7. The Morgan fingerprint density at radius 2 is 1.61 bits per heavy atom. The van der Waals surface area contributed by atoms with Gasteiger partial charge in [-0.1, -0.05) is 110 Å². The predicted molar refractivity (Wildman–Crippen MR) is 237 cm³/mol. The quantitative estimate of drug-likeness (QED) is 0.111. The van der Waals surface area contributed by atoms with Gasteiger partial charge in [0.2, 0.25) is 5.91 Å². The Labute approximate surface area is 366 Å². The molecule has 0 saturated carbocycles. The number of aryl methyl sites for hydroxylation is 1. The molecule has 0 fully saturated rings. The predicted octanol–water partition coefficient (Wildman–Crippen LogP) is 10.4. The van der Waals surface area contributed by atoms with Gasteiger partial charge in [-0.2, -0.15) is 0 Å². The highest BCUT2D eigenvalue weighted by Gasteiger charge is 2.39. The number of amides is 1. The molecule has 0 spiro atoms. The minimum atomic E-state index is -1.12. The third-order valence-corrected chi connectivity index (χ3v) is 12.3. The molecule has 312 valence electrons. The lowest BCUT2D eigenvalue weighted by atomic mass is 9.89. The van der Waals surface area contributed by atoms with Crippen molar-refractivity contribution in [3.8, 4) is 28.4 Å². The summed E-state index contributed by atoms with van der Waals surface area (Å²) in [6.45, 7) is 5.29. The zero-order chi connectivity index (χ0) is 42.5. The summed E-state index contributed by atoms with van der Waals surface area (Å²) < 4.78 is 18.9. The summed E-state index contributed by atoms with van der Waals surface area (Å²) in [5, 5.41) is 14.3. The Bertz CT molecular complexity index is 2500. The van der Waals surface area contributed by atoms with Gasteiger partial charge in [-0.3, -0.25) is 14.7 Å². The third kappa shape index (κ3) is 9.70. The minimum absolute atomic E-state index is 0.0966. The van der Waals surface area contributed by atoms with Gasteiger partial charge in [-0.15, -0.1) is 0 Å². The van der Waals surface area contributed by atoms with Crippen LogP contribution in [0.1, 0.15) is 71.5 Å². The number of carboxylic acids is 1. The fraction of sp³-hybridized carbons (Fsp3) is 0.260. The Morgan fingerprint density at radius 1 is 0.852 bits per heavy atom. The Kier molecular flexibility index (Phi) is 12.9. The van der Waals surface area contributed by atoms with Crippen molar-refractivity contribution in [3.63, 3.8) is 0 Å². The van der Waals surface area contributed by atoms with Crippen molar-refractivity contribution >= 4 is 35.1 Å². The number of halogens is 2. The maximum atomic E-state index is 14.4. The van der Waals surface area contributed by atoms with Gasteiger partial charge < -0.3 is 24.6 Å². The van der Waals surface area contributed by atoms with Gasteiger partial charge in [0.1, 0.15) is 25.0 Å². The number of pyridine rings is 1. The van der Waals surface area contributed by atoms with Crippen molar-refractivity contribution < 1.29 is 28.9 Å². The average molecular weight is 857 g/mol. The maximum Gasteiger partial charge on any atom is 0.326 e. The number of hydrogen-bond donors (Lipinski definition) is 2. The van der Waals surface area contributed by atoms with Gasteiger partial charge >= 0.3 is 5.97 Å². The number of carboxylic acid groups (broad SMARTS) is 1. The third-order valence-electron chi connectivity index (χ3n) is 11.5. The zero-order valence-corrected chi connectivity index (χ0v) is 35.5. The van der Waals surface area contributed by atoms with E-state index in [1.165, 1.54) is 0 Å². The Morgan fingerprint density at radius 3 is 2.33 bits per heavy atom. The lowest BCUT2D eigenvalue weighted by Gasteiger charge is -2.42. The van der Waals surface area contributed by atoms with Crippen LogP contribution in [0.5, 0.6) is 17.2 Å². The van der Waals surface area contributed by atoms with Gasteiger partial charge in [0.15, 0.2) is 17.6 Å². The van der Waals surface area contributed by atoms with E-state index in [-0.39, 0.29) is 24.5 Å². The molecule has 0 bridgehead atoms. The number of rotatable bonds is 14. The smallest absolute Gasteiger partial charge is 0.326 e. The van der Waals surface area contributed by atoms with E-state index < -0.39 is 18.1 Å². The lowest BCUT2D eigenvalue weighted by Crippen LogP contribution is -2.55. The van der Waals surface area contributed by atoms with Crippen LogP contribution in [0, 0.1) is 0 Å². The van der Waals surface area contributed by atoms with Crippen LogP contribution in [0.4, 0.5) is 0 Å². The second-order valence-corrected chi connectivity index (χ2v) is 16.3. The second-order valence-electron chi connectivity index (χ2n) is 15.5. The summed E-state index contributed by atoms with van der Waals surface area (Å²) in [7, 11) is 0. The van der Waals surface area contributed by atoms with Crippen molar-refractivity contribution in [2.75, 3.05) is 6.61 Å². The number of carbonyl (C=O) groups excluding carboxylic acids is 1. The molecule has 5 aromatic carbocycles. The molecule has 0 aliphatic carbocycles. The van der Waals surface area contributed by atoms with E-state index in [2.05, 4.69) is 47.2 Å². The summed E-state index contributed by atoms with van der Waals surface area (Å²) in [6, 6.07) is 37.4. The topological polar surface area (TPSA) is 110 Å². The van der Waals surface area contributed by atoms with Crippen molar-refractivity contribution in [1.82, 2.24) is 15.2 Å². The standard InChI is InChI=1S/C50H47Cl2N3O6/c1-3-39-24-36(20-21-53-39)33-13-10-31(11-14-33)23-43(50(57)58)54-49(56)45-25-37-26-46-47(27-38(37)28-55(45)44(4-2)34-8-6-5-7-9-34)61-48(30-60-46)35-15-17-40(18-16-35)59-29-32-12-19-41(51)42(52)22-32/h5-22,24,26-27,43-45,48H,3-4,23,25,28-30H2,1-2H3,(H,54,56)(H,57,58). The molecule has 11 heteroatoms. The van der Waals surface area contributed by atoms with E-state index in [0.717, 1.165) is 63.0 Å². The summed E-state index contributed by atoms with van der Waals surface area (Å²) in [5.41, 5.74) is 8.83. The summed E-state index contributed by atoms with van der Waals surface area (Å²) in [6.07, 6.45) is 3.57. The Balaban J connectivity index is 0.989. The van der Waals surface area contributed by atoms with Gasteiger partial charge in [-0.05, 0) is 112 Å². The number of carbonyl (C=O) groups is 2. The number of nitrogens with one attached hydrogen (secondary N) is 1. The fourth-order valence-corrected chi connectivity index (χ4v) is 8.53. The molecule has 6 aromatic rings. The first-order chi connectivity index (χ1) is 29.6. The van der Waals surface area contributed by atoms with E-state index >= 15 is 0 Å². The molecule has 8 rings (SSSR count). The monoisotopic (exact) mass is 855 g/mol. The van der Waals surface area contributed by atoms with E-state index in [0.29, 0.717) is 53.5 Å². The van der Waals surface area contributed by atoms with E-state index in [1.54, 1.807) is 18.3 Å². The van der Waals surface area contributed by atoms with E-state index in [1.807, 2.05) is 91.0 Å². The van der Waals surface area contributed by atoms with Crippen LogP contribution < -0.4 is 19.5 Å². The number of aliphatic carboxylic acids is 1. The van der Waals surface area contributed by atoms with Crippen LogP contribution in [-0.4, -0.2) is 45.6 Å². The highest BCUT2D eigenvalue weighted by atomic mass is 35.5. The molecule has 9 nitrogen and oxygen atoms in total. The van der Waals surface area contributed by atoms with Crippen LogP contribution >= 0.6 is 23.2 Å². The number of benzene rings is 5. The zero-order valence-electron chi connectivity index (χ0n) is 34.0. The van der Waals surface area contributed by atoms with Crippen LogP contribution in [-0.2, 0) is 42.0 Å². The molecule has 2 N–H and O–H groups in total. The number of nitrogens with zero attached hydrogens (tertiary/aromatic N) is 2. The summed E-state index contributed by atoms with van der Waals surface area (Å²) >= 11 is 12.2. The van der Waals surface area contributed by atoms with E-state index in [4.69, 9.17) is 37.4 Å². The van der Waals surface area contributed by atoms with Crippen molar-refractivity contribution in [2.24, 2.45) is 0 Å². The molecule has 2 aliphatic heterocycles. The van der Waals surface area contributed by atoms with Crippen molar-refractivity contribution in [1.29, 1.82) is 0 Å². The molecule has 0 saturated heterocycles. The molecular weight excluding hydrogens is 809 g/mol. The maximum absolute atomic E-state index is 14.4. The largest absolute Gasteiger partial charge is 0.489 e. The first-order valence-corrected chi connectivity index (χ1v) is 21.4. The number of hydrogen-bond acceptors (Lipinski definition) is 7. The van der Waals surface area contributed by atoms with Crippen LogP contribution in [0.15, 0.2) is 128 Å². The van der Waals surface area contributed by atoms with Gasteiger partial charge in [0, 0.05) is 30.9 Å². The fourth-order valence-electron chi connectivity index (χ4n) is 8.21. The summed E-state index contributed by atoms with van der Waals surface area (Å²) in [4.78, 5) is 33.7.